The Labute approximate surface area is 172 Å². The van der Waals surface area contributed by atoms with Gasteiger partial charge in [-0.3, -0.25) is 9.59 Å². The van der Waals surface area contributed by atoms with E-state index in [1.165, 1.54) is 11.0 Å². The lowest BCUT2D eigenvalue weighted by Gasteiger charge is -2.21. The van der Waals surface area contributed by atoms with Gasteiger partial charge in [-0.2, -0.15) is 0 Å². The second-order valence-electron chi connectivity index (χ2n) is 6.58. The molecular weight excluding hydrogens is 405 g/mol. The van der Waals surface area contributed by atoms with Gasteiger partial charge in [0.25, 0.3) is 5.91 Å². The molecule has 0 unspecified atom stereocenters. The van der Waals surface area contributed by atoms with Crippen LogP contribution in [0.2, 0.25) is 10.0 Å². The number of hydrogen-bond donors (Lipinski definition) is 1. The van der Waals surface area contributed by atoms with Crippen molar-refractivity contribution in [1.29, 1.82) is 0 Å². The Hall–Kier alpha value is -2.09. The van der Waals surface area contributed by atoms with Gasteiger partial charge in [-0.25, -0.2) is 0 Å². The Balaban J connectivity index is 1.69. The Morgan fingerprint density at radius 2 is 2.07 bits per heavy atom. The fourth-order valence-electron chi connectivity index (χ4n) is 2.63. The summed E-state index contributed by atoms with van der Waals surface area (Å²) in [7, 11) is 1.55. The molecule has 0 bridgehead atoms. The van der Waals surface area contributed by atoms with Crippen LogP contribution < -0.4 is 5.32 Å². The third-order valence-corrected chi connectivity index (χ3v) is 4.88. The first-order valence-electron chi connectivity index (χ1n) is 8.97. The first-order valence-corrected chi connectivity index (χ1v) is 9.73. The number of benzene rings is 1. The molecule has 0 atom stereocenters. The zero-order chi connectivity index (χ0) is 20.1. The van der Waals surface area contributed by atoms with Gasteiger partial charge in [-0.05, 0) is 31.0 Å². The number of nitrogens with zero attached hydrogens (tertiary/aromatic N) is 2. The molecule has 9 heteroatoms. The summed E-state index contributed by atoms with van der Waals surface area (Å²) in [6, 6.07) is 6.78. The van der Waals surface area contributed by atoms with Crippen LogP contribution in [0.25, 0.3) is 11.3 Å². The topological polar surface area (TPSA) is 84.7 Å². The predicted octanol–water partition coefficient (Wildman–Crippen LogP) is 3.41. The maximum Gasteiger partial charge on any atom is 0.276 e. The number of aromatic nitrogens is 1. The van der Waals surface area contributed by atoms with Crippen LogP contribution in [0.1, 0.15) is 29.8 Å². The van der Waals surface area contributed by atoms with Crippen LogP contribution in [-0.2, 0) is 9.53 Å². The summed E-state index contributed by atoms with van der Waals surface area (Å²) in [6.45, 7) is 0.963. The summed E-state index contributed by atoms with van der Waals surface area (Å²) < 4.78 is 10.4. The molecule has 1 aliphatic rings. The highest BCUT2D eigenvalue weighted by atomic mass is 35.5. The summed E-state index contributed by atoms with van der Waals surface area (Å²) in [6.07, 6.45) is 2.26. The Kier molecular flexibility index (Phi) is 6.93. The molecule has 1 saturated carbocycles. The maximum atomic E-state index is 12.8. The van der Waals surface area contributed by atoms with Gasteiger partial charge in [0.1, 0.15) is 0 Å². The summed E-state index contributed by atoms with van der Waals surface area (Å²) in [5.74, 6) is -0.0361. The highest BCUT2D eigenvalue weighted by Gasteiger charge is 2.25. The monoisotopic (exact) mass is 425 g/mol. The minimum Gasteiger partial charge on any atom is -0.383 e. The molecule has 1 heterocycles. The summed E-state index contributed by atoms with van der Waals surface area (Å²) >= 11 is 12.1. The van der Waals surface area contributed by atoms with Gasteiger partial charge in [0.05, 0.1) is 11.6 Å². The summed E-state index contributed by atoms with van der Waals surface area (Å²) in [5, 5.41) is 7.68. The highest BCUT2D eigenvalue weighted by Crippen LogP contribution is 2.31. The zero-order valence-electron chi connectivity index (χ0n) is 15.4. The van der Waals surface area contributed by atoms with Crippen molar-refractivity contribution in [2.45, 2.75) is 25.3 Å². The van der Waals surface area contributed by atoms with Gasteiger partial charge in [0.2, 0.25) is 5.91 Å². The van der Waals surface area contributed by atoms with E-state index in [2.05, 4.69) is 10.5 Å². The molecule has 1 aromatic heterocycles. The van der Waals surface area contributed by atoms with E-state index in [0.717, 1.165) is 12.8 Å². The van der Waals surface area contributed by atoms with Gasteiger partial charge in [0.15, 0.2) is 11.5 Å². The average Bonchev–Trinajstić information content (AvgIpc) is 3.34. The van der Waals surface area contributed by atoms with Crippen molar-refractivity contribution in [3.8, 4) is 11.3 Å². The van der Waals surface area contributed by atoms with E-state index < -0.39 is 0 Å². The molecule has 2 amide bonds. The van der Waals surface area contributed by atoms with Crippen molar-refractivity contribution >= 4 is 35.0 Å². The van der Waals surface area contributed by atoms with E-state index in [1.54, 1.807) is 25.3 Å². The number of rotatable bonds is 9. The van der Waals surface area contributed by atoms with Crippen molar-refractivity contribution in [2.24, 2.45) is 0 Å². The summed E-state index contributed by atoms with van der Waals surface area (Å²) in [4.78, 5) is 26.3. The lowest BCUT2D eigenvalue weighted by Crippen LogP contribution is -2.37. The molecule has 1 aromatic carbocycles. The highest BCUT2D eigenvalue weighted by molar-refractivity contribution is 6.36. The van der Waals surface area contributed by atoms with Gasteiger partial charge >= 0.3 is 0 Å². The Morgan fingerprint density at radius 1 is 1.29 bits per heavy atom. The molecular formula is C19H21Cl2N3O4. The molecule has 0 spiro atoms. The number of amides is 2. The van der Waals surface area contributed by atoms with Crippen LogP contribution in [0, 0.1) is 0 Å². The number of nitrogens with one attached hydrogen (secondary N) is 1. The van der Waals surface area contributed by atoms with Crippen LogP contribution in [0.15, 0.2) is 28.8 Å². The Bertz CT molecular complexity index is 851. The molecule has 150 valence electrons. The van der Waals surface area contributed by atoms with Crippen LogP contribution in [0.3, 0.4) is 0 Å². The van der Waals surface area contributed by atoms with E-state index in [1.807, 2.05) is 0 Å². The van der Waals surface area contributed by atoms with Crippen molar-refractivity contribution < 1.29 is 18.8 Å². The standard InChI is InChI=1S/C19H21Cl2N3O4/c1-27-9-8-24(7-6-18(25)22-13-3-4-13)19(26)16-11-17(28-23-16)14-5-2-12(20)10-15(14)21/h2,5,10-11,13H,3-4,6-9H2,1H3,(H,22,25). The van der Waals surface area contributed by atoms with Crippen LogP contribution >= 0.6 is 23.2 Å². The fraction of sp³-hybridized carbons (Fsp3) is 0.421. The molecule has 0 saturated heterocycles. The van der Waals surface area contributed by atoms with Crippen LogP contribution in [0.4, 0.5) is 0 Å². The molecule has 0 aliphatic heterocycles. The third-order valence-electron chi connectivity index (χ3n) is 4.33. The Morgan fingerprint density at radius 3 is 2.75 bits per heavy atom. The molecule has 2 aromatic rings. The number of hydrogen-bond acceptors (Lipinski definition) is 5. The van der Waals surface area contributed by atoms with Gasteiger partial charge in [-0.15, -0.1) is 0 Å². The second kappa shape index (κ2) is 9.41. The van der Waals surface area contributed by atoms with Gasteiger partial charge < -0.3 is 19.5 Å². The molecule has 1 aliphatic carbocycles. The molecule has 28 heavy (non-hydrogen) atoms. The third kappa shape index (κ3) is 5.47. The van der Waals surface area contributed by atoms with E-state index >= 15 is 0 Å². The van der Waals surface area contributed by atoms with E-state index in [9.17, 15) is 9.59 Å². The fourth-order valence-corrected chi connectivity index (χ4v) is 3.14. The number of ether oxygens (including phenoxy) is 1. The van der Waals surface area contributed by atoms with Crippen molar-refractivity contribution in [1.82, 2.24) is 15.4 Å². The van der Waals surface area contributed by atoms with Crippen molar-refractivity contribution in [3.63, 3.8) is 0 Å². The number of halogens is 2. The van der Waals surface area contributed by atoms with Gasteiger partial charge in [0, 0.05) is 49.3 Å². The number of carbonyl (C=O) groups is 2. The molecule has 3 rings (SSSR count). The van der Waals surface area contributed by atoms with E-state index in [4.69, 9.17) is 32.5 Å². The van der Waals surface area contributed by atoms with E-state index in [0.29, 0.717) is 34.5 Å². The average molecular weight is 426 g/mol. The molecule has 0 radical (unpaired) electrons. The minimum absolute atomic E-state index is 0.0634. The largest absolute Gasteiger partial charge is 0.383 e. The lowest BCUT2D eigenvalue weighted by atomic mass is 10.1. The molecule has 7 nitrogen and oxygen atoms in total. The van der Waals surface area contributed by atoms with E-state index in [-0.39, 0.29) is 36.5 Å². The lowest BCUT2D eigenvalue weighted by molar-refractivity contribution is -0.121. The number of carbonyl (C=O) groups excluding carboxylic acids is 2. The smallest absolute Gasteiger partial charge is 0.276 e. The number of methoxy groups -OCH3 is 1. The minimum atomic E-state index is -0.337. The van der Waals surface area contributed by atoms with Gasteiger partial charge in [-0.1, -0.05) is 28.4 Å². The molecule has 1 fully saturated rings. The quantitative estimate of drug-likeness (QED) is 0.665. The second-order valence-corrected chi connectivity index (χ2v) is 7.42. The van der Waals surface area contributed by atoms with Crippen LogP contribution in [0.5, 0.6) is 0 Å². The zero-order valence-corrected chi connectivity index (χ0v) is 16.9. The molecule has 1 N–H and O–H groups in total. The first-order chi connectivity index (χ1) is 13.5. The SMILES string of the molecule is COCCN(CCC(=O)NC1CC1)C(=O)c1cc(-c2ccc(Cl)cc2Cl)on1. The predicted molar refractivity (Wildman–Crippen MR) is 106 cm³/mol. The summed E-state index contributed by atoms with van der Waals surface area (Å²) in [5.41, 5.74) is 0.726. The first kappa shape index (κ1) is 20.6. The van der Waals surface area contributed by atoms with Crippen molar-refractivity contribution in [3.05, 3.63) is 40.0 Å². The normalized spacial score (nSPS) is 13.4. The maximum absolute atomic E-state index is 12.8. The van der Waals surface area contributed by atoms with Crippen molar-refractivity contribution in [2.75, 3.05) is 26.8 Å². The van der Waals surface area contributed by atoms with Crippen LogP contribution in [-0.4, -0.2) is 54.7 Å².